The van der Waals surface area contributed by atoms with Crippen molar-refractivity contribution in [2.24, 2.45) is 0 Å². The van der Waals surface area contributed by atoms with Gasteiger partial charge >= 0.3 is 17.9 Å². The molecule has 0 aliphatic carbocycles. The molecule has 0 saturated carbocycles. The van der Waals surface area contributed by atoms with Crippen LogP contribution in [0, 0.1) is 0 Å². The molecule has 2 atom stereocenters. The van der Waals surface area contributed by atoms with E-state index in [1.54, 1.807) is 0 Å². The molecule has 0 spiro atoms. The first-order valence-electron chi connectivity index (χ1n) is 35.0. The Kier molecular flexibility index (Phi) is 63.4. The number of carbonyl (C=O) groups excluding carboxylic acids is 2. The second kappa shape index (κ2) is 67.1. The fraction of sp³-hybridized carbons (Fsp3) is 0.654. The van der Waals surface area contributed by atoms with Gasteiger partial charge in [0.05, 0.1) is 34.4 Å². The van der Waals surface area contributed by atoms with Crippen LogP contribution in [0.25, 0.3) is 0 Å². The summed E-state index contributed by atoms with van der Waals surface area (Å²) in [6.07, 6.45) is 95.3. The van der Waals surface area contributed by atoms with E-state index < -0.39 is 24.3 Å². The highest BCUT2D eigenvalue weighted by Crippen LogP contribution is 2.17. The van der Waals surface area contributed by atoms with Gasteiger partial charge in [0.1, 0.15) is 13.2 Å². The molecule has 0 amide bonds. The minimum Gasteiger partial charge on any atom is -0.477 e. The van der Waals surface area contributed by atoms with Crippen LogP contribution in [0.4, 0.5) is 0 Å². The van der Waals surface area contributed by atoms with E-state index in [9.17, 15) is 19.5 Å². The number of rotatable bonds is 63. The predicted octanol–water partition coefficient (Wildman–Crippen LogP) is 21.9. The van der Waals surface area contributed by atoms with E-state index in [0.717, 1.165) is 122 Å². The third-order valence-electron chi connectivity index (χ3n) is 14.6. The van der Waals surface area contributed by atoms with Crippen molar-refractivity contribution in [3.8, 4) is 0 Å². The molecule has 2 unspecified atom stereocenters. The summed E-state index contributed by atoms with van der Waals surface area (Å²) >= 11 is 0. The molecule has 87 heavy (non-hydrogen) atoms. The maximum atomic E-state index is 12.9. The van der Waals surface area contributed by atoms with Gasteiger partial charge in [0.15, 0.2) is 6.10 Å². The number of aliphatic carboxylic acids is 1. The minimum absolute atomic E-state index is 0.177. The Labute approximate surface area is 534 Å². The number of likely N-dealkylation sites (N-methyl/N-ethyl adjacent to an activating group) is 1. The summed E-state index contributed by atoms with van der Waals surface area (Å²) in [5.41, 5.74) is 0. The van der Waals surface area contributed by atoms with Crippen molar-refractivity contribution in [3.05, 3.63) is 146 Å². The Balaban J connectivity index is 4.22. The molecular weight excluding hydrogens is 1080 g/mol. The molecule has 0 saturated heterocycles. The van der Waals surface area contributed by atoms with Gasteiger partial charge in [-0.05, 0) is 103 Å². The van der Waals surface area contributed by atoms with E-state index in [2.05, 4.69) is 160 Å². The number of hydrogen-bond donors (Lipinski definition) is 1. The number of carbonyl (C=O) groups is 3. The van der Waals surface area contributed by atoms with E-state index in [1.165, 1.54) is 116 Å². The fourth-order valence-electron chi connectivity index (χ4n) is 9.29. The van der Waals surface area contributed by atoms with Crippen LogP contribution < -0.4 is 0 Å². The van der Waals surface area contributed by atoms with Gasteiger partial charge in [-0.3, -0.25) is 9.59 Å². The highest BCUT2D eigenvalue weighted by molar-refractivity contribution is 5.71. The van der Waals surface area contributed by atoms with Crippen LogP contribution in [0.1, 0.15) is 271 Å². The lowest BCUT2D eigenvalue weighted by Crippen LogP contribution is -2.40. The van der Waals surface area contributed by atoms with Crippen LogP contribution in [0.2, 0.25) is 0 Å². The molecule has 0 fully saturated rings. The molecule has 0 aliphatic heterocycles. The van der Waals surface area contributed by atoms with Crippen LogP contribution in [-0.4, -0.2) is 87.4 Å². The molecule has 0 heterocycles. The molecule has 9 nitrogen and oxygen atoms in total. The second-order valence-corrected chi connectivity index (χ2v) is 24.1. The first-order chi connectivity index (χ1) is 42.6. The lowest BCUT2D eigenvalue weighted by atomic mass is 10.0. The monoisotopic (exact) mass is 1210 g/mol. The van der Waals surface area contributed by atoms with Gasteiger partial charge in [-0.15, -0.1) is 0 Å². The van der Waals surface area contributed by atoms with E-state index in [0.29, 0.717) is 23.9 Å². The maximum absolute atomic E-state index is 12.9. The summed E-state index contributed by atoms with van der Waals surface area (Å²) < 4.78 is 22.9. The largest absolute Gasteiger partial charge is 0.477 e. The first kappa shape index (κ1) is 82.2. The summed E-state index contributed by atoms with van der Waals surface area (Å²) in [6, 6.07) is 0. The Bertz CT molecular complexity index is 1940. The van der Waals surface area contributed by atoms with Crippen LogP contribution >= 0.6 is 0 Å². The number of carboxylic acid groups (broad SMARTS) is 1. The Hall–Kier alpha value is -4.83. The standard InChI is InChI=1S/C78H129NO8/c1-6-8-10-12-14-16-18-20-22-24-26-28-29-30-31-32-33-34-35-36-37-38-39-40-41-42-43-44-45-46-47-49-51-53-55-57-59-61-63-65-67-69-76(81)87-74(73-86-78(77(82)83)84-71-70-79(3,4)5)72-85-75(80)68-66-64-62-60-58-56-54-52-50-48-27-25-23-21-19-17-15-13-11-9-7-2/h8,10,14,16,20,22,26,28,30-31,33-34,36-37,39-40,42-43,45-46,49,51,55,57,74,78H,6-7,9,11-13,15,17-19,21,23-25,27,29,32,35,38,41,44,47-48,50,52-54,56,58-73H2,1-5H3/p+1/b10-8-,16-14-,22-20-,28-26-,31-30-,34-33-,37-36-,40-39-,43-42-,46-45-,51-49-,57-55-. The van der Waals surface area contributed by atoms with Crippen molar-refractivity contribution in [2.75, 3.05) is 47.5 Å². The third-order valence-corrected chi connectivity index (χ3v) is 14.6. The lowest BCUT2D eigenvalue weighted by Gasteiger charge is -2.25. The second-order valence-electron chi connectivity index (χ2n) is 24.1. The average molecular weight is 1210 g/mol. The molecule has 9 heteroatoms. The number of hydrogen-bond acceptors (Lipinski definition) is 7. The number of quaternary nitrogens is 1. The first-order valence-corrected chi connectivity index (χ1v) is 35.0. The summed E-state index contributed by atoms with van der Waals surface area (Å²) in [7, 11) is 5.96. The van der Waals surface area contributed by atoms with Crippen molar-refractivity contribution in [3.63, 3.8) is 0 Å². The molecule has 0 rings (SSSR count). The Morgan fingerprint density at radius 2 is 0.655 bits per heavy atom. The summed E-state index contributed by atoms with van der Waals surface area (Å²) in [5, 5.41) is 9.74. The van der Waals surface area contributed by atoms with E-state index >= 15 is 0 Å². The van der Waals surface area contributed by atoms with Crippen molar-refractivity contribution in [2.45, 2.75) is 283 Å². The van der Waals surface area contributed by atoms with Crippen LogP contribution in [0.3, 0.4) is 0 Å². The fourth-order valence-corrected chi connectivity index (χ4v) is 9.29. The van der Waals surface area contributed by atoms with Gasteiger partial charge in [0, 0.05) is 12.8 Å². The predicted molar refractivity (Wildman–Crippen MR) is 373 cm³/mol. The van der Waals surface area contributed by atoms with E-state index in [1.807, 2.05) is 21.1 Å². The molecule has 0 aliphatic rings. The quantitative estimate of drug-likeness (QED) is 0.0211. The number of esters is 2. The summed E-state index contributed by atoms with van der Waals surface area (Å²) in [4.78, 5) is 37.6. The molecular formula is C78H130NO8+. The molecule has 494 valence electrons. The highest BCUT2D eigenvalue weighted by Gasteiger charge is 2.25. The molecule has 0 bridgehead atoms. The third kappa shape index (κ3) is 68.5. The van der Waals surface area contributed by atoms with Gasteiger partial charge in [0.2, 0.25) is 0 Å². The van der Waals surface area contributed by atoms with Crippen molar-refractivity contribution < 1.29 is 42.9 Å². The zero-order valence-corrected chi connectivity index (χ0v) is 56.4. The van der Waals surface area contributed by atoms with Crippen molar-refractivity contribution >= 4 is 17.9 Å². The topological polar surface area (TPSA) is 108 Å². The maximum Gasteiger partial charge on any atom is 0.361 e. The van der Waals surface area contributed by atoms with Gasteiger partial charge < -0.3 is 28.5 Å². The highest BCUT2D eigenvalue weighted by atomic mass is 16.7. The van der Waals surface area contributed by atoms with Crippen molar-refractivity contribution in [1.29, 1.82) is 0 Å². The van der Waals surface area contributed by atoms with E-state index in [-0.39, 0.29) is 32.2 Å². The number of nitrogens with zero attached hydrogens (tertiary/aromatic N) is 1. The van der Waals surface area contributed by atoms with Gasteiger partial charge in [0.25, 0.3) is 6.29 Å². The zero-order valence-electron chi connectivity index (χ0n) is 56.4. The van der Waals surface area contributed by atoms with Gasteiger partial charge in [-0.2, -0.15) is 0 Å². The number of ether oxygens (including phenoxy) is 4. The van der Waals surface area contributed by atoms with Crippen LogP contribution in [0.15, 0.2) is 146 Å². The van der Waals surface area contributed by atoms with Crippen LogP contribution in [0.5, 0.6) is 0 Å². The number of carboxylic acids is 1. The molecule has 0 aromatic carbocycles. The number of unbranched alkanes of at least 4 members (excludes halogenated alkanes) is 24. The van der Waals surface area contributed by atoms with E-state index in [4.69, 9.17) is 18.9 Å². The zero-order chi connectivity index (χ0) is 63.3. The summed E-state index contributed by atoms with van der Waals surface area (Å²) in [5.74, 6) is -2.04. The average Bonchev–Trinajstić information content (AvgIpc) is 3.59. The molecule has 0 aromatic heterocycles. The van der Waals surface area contributed by atoms with Crippen LogP contribution in [-0.2, 0) is 33.3 Å². The SMILES string of the molecule is CC/C=C\C/C=C\C/C=C\C/C=C\C/C=C\C/C=C\C/C=C\C/C=C\C/C=C\C/C=C\C/C=C\C/C=C\CCCCCCC(=O)OC(COC(=O)CCCCCCCCCCCCCCCCCCCCCCC)COC(OCC[N+](C)(C)C)C(=O)O. The molecule has 0 radical (unpaired) electrons. The van der Waals surface area contributed by atoms with Gasteiger partial charge in [-0.1, -0.05) is 301 Å². The normalized spacial score (nSPS) is 13.6. The molecule has 0 aromatic rings. The minimum atomic E-state index is -1.53. The smallest absolute Gasteiger partial charge is 0.361 e. The Morgan fingerprint density at radius 1 is 0.356 bits per heavy atom. The van der Waals surface area contributed by atoms with Crippen molar-refractivity contribution in [1.82, 2.24) is 0 Å². The number of allylic oxidation sites excluding steroid dienone is 24. The lowest BCUT2D eigenvalue weighted by molar-refractivity contribution is -0.870. The Morgan fingerprint density at radius 3 is 0.977 bits per heavy atom. The van der Waals surface area contributed by atoms with Gasteiger partial charge in [-0.25, -0.2) is 4.79 Å². The summed E-state index contributed by atoms with van der Waals surface area (Å²) in [6.45, 7) is 4.74. The molecule has 1 N–H and O–H groups in total.